The molecule has 1 rings (SSSR count). The van der Waals surface area contributed by atoms with E-state index >= 15 is 0 Å². The first-order valence-corrected chi connectivity index (χ1v) is 3.98. The van der Waals surface area contributed by atoms with Crippen LogP contribution in [0, 0.1) is 0 Å². The van der Waals surface area contributed by atoms with Gasteiger partial charge in [0.2, 0.25) is 0 Å². The Morgan fingerprint density at radius 2 is 2.31 bits per heavy atom. The molecule has 4 N–H and O–H groups in total. The summed E-state index contributed by atoms with van der Waals surface area (Å²) < 4.78 is 4.95. The Kier molecular flexibility index (Phi) is 2.92. The van der Waals surface area contributed by atoms with E-state index in [1.165, 1.54) is 13.2 Å². The summed E-state index contributed by atoms with van der Waals surface area (Å²) in [6, 6.07) is 4.89. The highest BCUT2D eigenvalue weighted by Crippen LogP contribution is 2.33. The van der Waals surface area contributed by atoms with Crippen LogP contribution in [0.25, 0.3) is 0 Å². The average molecular weight is 198 g/mol. The number of thiocarbonyl (C=S) groups is 1. The van der Waals surface area contributed by atoms with Crippen molar-refractivity contribution >= 4 is 23.0 Å². The van der Waals surface area contributed by atoms with Crippen LogP contribution in [0.15, 0.2) is 18.2 Å². The number of ether oxygens (including phenoxy) is 1. The Morgan fingerprint density at radius 1 is 1.62 bits per heavy atom. The van der Waals surface area contributed by atoms with Gasteiger partial charge in [0.15, 0.2) is 16.6 Å². The molecule has 0 amide bonds. The van der Waals surface area contributed by atoms with Gasteiger partial charge in [-0.1, -0.05) is 6.07 Å². The van der Waals surface area contributed by atoms with Gasteiger partial charge < -0.3 is 20.9 Å². The fourth-order valence-electron chi connectivity index (χ4n) is 0.971. The number of hydrogen-bond donors (Lipinski definition) is 3. The molecule has 0 saturated heterocycles. The average Bonchev–Trinajstić information content (AvgIpc) is 2.03. The number of hydrogen-bond acceptors (Lipinski definition) is 3. The van der Waals surface area contributed by atoms with Gasteiger partial charge >= 0.3 is 0 Å². The minimum Gasteiger partial charge on any atom is -0.504 e. The topological polar surface area (TPSA) is 67.5 Å². The molecule has 0 aliphatic heterocycles. The first-order valence-electron chi connectivity index (χ1n) is 3.57. The number of para-hydroxylation sites is 1. The van der Waals surface area contributed by atoms with Crippen molar-refractivity contribution in [3.8, 4) is 11.5 Å². The summed E-state index contributed by atoms with van der Waals surface area (Å²) in [7, 11) is 1.46. The first kappa shape index (κ1) is 9.60. The second kappa shape index (κ2) is 3.95. The molecular weight excluding hydrogens is 188 g/mol. The van der Waals surface area contributed by atoms with Gasteiger partial charge in [0.05, 0.1) is 12.8 Å². The van der Waals surface area contributed by atoms with Crippen LogP contribution in [-0.2, 0) is 0 Å². The second-order valence-electron chi connectivity index (χ2n) is 2.35. The highest BCUT2D eigenvalue weighted by Gasteiger charge is 2.07. The molecule has 0 heterocycles. The Bertz CT molecular complexity index is 328. The molecule has 0 aliphatic carbocycles. The number of phenolic OH excluding ortho intramolecular Hbond substituents is 1. The van der Waals surface area contributed by atoms with Crippen LogP contribution in [-0.4, -0.2) is 17.3 Å². The largest absolute Gasteiger partial charge is 0.504 e. The first-order chi connectivity index (χ1) is 6.15. The number of benzene rings is 1. The maximum absolute atomic E-state index is 9.36. The van der Waals surface area contributed by atoms with Crippen molar-refractivity contribution in [3.63, 3.8) is 0 Å². The summed E-state index contributed by atoms with van der Waals surface area (Å²) in [5, 5.41) is 12.2. The number of methoxy groups -OCH3 is 1. The van der Waals surface area contributed by atoms with E-state index in [-0.39, 0.29) is 10.9 Å². The molecule has 13 heavy (non-hydrogen) atoms. The lowest BCUT2D eigenvalue weighted by Gasteiger charge is -2.10. The van der Waals surface area contributed by atoms with Crippen molar-refractivity contribution < 1.29 is 9.84 Å². The minimum absolute atomic E-state index is 0.0451. The second-order valence-corrected chi connectivity index (χ2v) is 2.79. The van der Waals surface area contributed by atoms with Gasteiger partial charge in [-0.05, 0) is 24.4 Å². The van der Waals surface area contributed by atoms with Gasteiger partial charge in [0.1, 0.15) is 0 Å². The Hall–Kier alpha value is -1.49. The predicted molar refractivity (Wildman–Crippen MR) is 55.1 cm³/mol. The van der Waals surface area contributed by atoms with Gasteiger partial charge in [-0.3, -0.25) is 0 Å². The molecule has 0 aromatic heterocycles. The molecule has 0 bridgehead atoms. The normalized spacial score (nSPS) is 9.31. The van der Waals surface area contributed by atoms with Crippen molar-refractivity contribution in [1.29, 1.82) is 0 Å². The van der Waals surface area contributed by atoms with Crippen molar-refractivity contribution in [2.45, 2.75) is 0 Å². The zero-order valence-corrected chi connectivity index (χ0v) is 7.89. The number of aromatic hydroxyl groups is 1. The standard InChI is InChI=1S/C8H10N2O2S/c1-12-7-5(10-8(9)13)3-2-4-6(7)11/h2-4,11H,1H3,(H3,9,10,13). The molecular formula is C8H10N2O2S. The van der Waals surface area contributed by atoms with E-state index in [0.29, 0.717) is 11.4 Å². The minimum atomic E-state index is 0.0451. The van der Waals surface area contributed by atoms with Crippen LogP contribution in [0.2, 0.25) is 0 Å². The third kappa shape index (κ3) is 2.22. The van der Waals surface area contributed by atoms with Gasteiger partial charge in [0, 0.05) is 0 Å². The van der Waals surface area contributed by atoms with E-state index in [4.69, 9.17) is 10.5 Å². The van der Waals surface area contributed by atoms with Crippen molar-refractivity contribution in [2.24, 2.45) is 5.73 Å². The number of nitrogens with one attached hydrogen (secondary N) is 1. The maximum atomic E-state index is 9.36. The molecule has 5 heteroatoms. The molecule has 0 spiro atoms. The van der Waals surface area contributed by atoms with Crippen LogP contribution in [0.4, 0.5) is 5.69 Å². The summed E-state index contributed by atoms with van der Waals surface area (Å²) in [5.41, 5.74) is 5.83. The van der Waals surface area contributed by atoms with E-state index in [1.54, 1.807) is 12.1 Å². The van der Waals surface area contributed by atoms with Crippen LogP contribution < -0.4 is 15.8 Å². The molecule has 0 saturated carbocycles. The number of nitrogens with two attached hydrogens (primary N) is 1. The van der Waals surface area contributed by atoms with E-state index in [1.807, 2.05) is 0 Å². The lowest BCUT2D eigenvalue weighted by atomic mass is 10.2. The molecule has 4 nitrogen and oxygen atoms in total. The molecule has 0 radical (unpaired) electrons. The molecule has 0 unspecified atom stereocenters. The van der Waals surface area contributed by atoms with E-state index in [0.717, 1.165) is 0 Å². The Morgan fingerprint density at radius 3 is 2.85 bits per heavy atom. The highest BCUT2D eigenvalue weighted by atomic mass is 32.1. The predicted octanol–water partition coefficient (Wildman–Crippen LogP) is 1.06. The summed E-state index contributed by atoms with van der Waals surface area (Å²) in [5.74, 6) is 0.374. The zero-order chi connectivity index (χ0) is 9.84. The Balaban J connectivity index is 3.05. The quantitative estimate of drug-likeness (QED) is 0.620. The summed E-state index contributed by atoms with van der Waals surface area (Å²) in [6.45, 7) is 0. The lowest BCUT2D eigenvalue weighted by Crippen LogP contribution is -2.19. The van der Waals surface area contributed by atoms with E-state index < -0.39 is 0 Å². The summed E-state index contributed by atoms with van der Waals surface area (Å²) in [4.78, 5) is 0. The van der Waals surface area contributed by atoms with Crippen LogP contribution >= 0.6 is 12.2 Å². The highest BCUT2D eigenvalue weighted by molar-refractivity contribution is 7.80. The summed E-state index contributed by atoms with van der Waals surface area (Å²) >= 11 is 4.66. The van der Waals surface area contributed by atoms with E-state index in [9.17, 15) is 5.11 Å². The maximum Gasteiger partial charge on any atom is 0.184 e. The smallest absolute Gasteiger partial charge is 0.184 e. The SMILES string of the molecule is COc1c(O)cccc1NC(N)=S. The van der Waals surface area contributed by atoms with Crippen molar-refractivity contribution in [1.82, 2.24) is 0 Å². The van der Waals surface area contributed by atoms with Gasteiger partial charge in [-0.2, -0.15) is 0 Å². The fourth-order valence-corrected chi connectivity index (χ4v) is 1.08. The number of rotatable bonds is 2. The van der Waals surface area contributed by atoms with Crippen molar-refractivity contribution in [3.05, 3.63) is 18.2 Å². The molecule has 0 atom stereocenters. The van der Waals surface area contributed by atoms with Gasteiger partial charge in [0.25, 0.3) is 0 Å². The van der Waals surface area contributed by atoms with Crippen LogP contribution in [0.3, 0.4) is 0 Å². The Labute approximate surface area is 81.3 Å². The van der Waals surface area contributed by atoms with Crippen LogP contribution in [0.1, 0.15) is 0 Å². The molecule has 1 aromatic carbocycles. The number of anilines is 1. The molecule has 0 aliphatic rings. The fraction of sp³-hybridized carbons (Fsp3) is 0.125. The number of phenols is 1. The summed E-state index contributed by atoms with van der Waals surface area (Å²) in [6.07, 6.45) is 0. The van der Waals surface area contributed by atoms with Gasteiger partial charge in [-0.15, -0.1) is 0 Å². The molecule has 1 aromatic rings. The monoisotopic (exact) mass is 198 g/mol. The zero-order valence-electron chi connectivity index (χ0n) is 7.07. The lowest BCUT2D eigenvalue weighted by molar-refractivity contribution is 0.375. The van der Waals surface area contributed by atoms with Crippen molar-refractivity contribution in [2.75, 3.05) is 12.4 Å². The van der Waals surface area contributed by atoms with E-state index in [2.05, 4.69) is 17.5 Å². The third-order valence-electron chi connectivity index (χ3n) is 1.46. The third-order valence-corrected chi connectivity index (χ3v) is 1.56. The van der Waals surface area contributed by atoms with Crippen LogP contribution in [0.5, 0.6) is 11.5 Å². The molecule has 70 valence electrons. The molecule has 0 fully saturated rings. The van der Waals surface area contributed by atoms with Gasteiger partial charge in [-0.25, -0.2) is 0 Å².